The molecule has 1 atom stereocenters. The van der Waals surface area contributed by atoms with Crippen molar-refractivity contribution in [2.75, 3.05) is 13.1 Å². The van der Waals surface area contributed by atoms with E-state index in [-0.39, 0.29) is 11.9 Å². The van der Waals surface area contributed by atoms with Gasteiger partial charge in [-0.25, -0.2) is 0 Å². The molecule has 1 aliphatic heterocycles. The molecule has 5 heteroatoms. The van der Waals surface area contributed by atoms with Crippen molar-refractivity contribution in [3.63, 3.8) is 0 Å². The van der Waals surface area contributed by atoms with Crippen molar-refractivity contribution >= 4 is 17.5 Å². The fraction of sp³-hybridized carbons (Fsp3) is 0.316. The van der Waals surface area contributed by atoms with Gasteiger partial charge in [0.1, 0.15) is 12.4 Å². The number of hydrogen-bond acceptors (Lipinski definition) is 3. The molecule has 0 spiro atoms. The van der Waals surface area contributed by atoms with Crippen molar-refractivity contribution in [2.45, 2.75) is 25.5 Å². The maximum absolute atomic E-state index is 12.6. The van der Waals surface area contributed by atoms with Gasteiger partial charge in [-0.15, -0.1) is 0 Å². The number of likely N-dealkylation sites (tertiary alicyclic amines) is 1. The zero-order valence-corrected chi connectivity index (χ0v) is 14.2. The summed E-state index contributed by atoms with van der Waals surface area (Å²) in [6.45, 7) is 1.82. The van der Waals surface area contributed by atoms with Gasteiger partial charge in [-0.2, -0.15) is 0 Å². The molecule has 2 aromatic carbocycles. The zero-order chi connectivity index (χ0) is 16.9. The van der Waals surface area contributed by atoms with E-state index in [4.69, 9.17) is 22.1 Å². The summed E-state index contributed by atoms with van der Waals surface area (Å²) >= 11 is 5.88. The number of piperidine rings is 1. The van der Waals surface area contributed by atoms with E-state index in [2.05, 4.69) is 0 Å². The number of carbonyl (C=O) groups excluding carboxylic acids is 1. The lowest BCUT2D eigenvalue weighted by Gasteiger charge is -2.30. The number of ether oxygens (including phenoxy) is 1. The van der Waals surface area contributed by atoms with Crippen LogP contribution in [0.2, 0.25) is 5.02 Å². The van der Waals surface area contributed by atoms with Gasteiger partial charge in [0.25, 0.3) is 5.91 Å². The number of nitrogens with zero attached hydrogens (tertiary/aromatic N) is 1. The second-order valence-electron chi connectivity index (χ2n) is 6.10. The first-order chi connectivity index (χ1) is 11.6. The molecule has 2 aromatic rings. The molecule has 0 saturated carbocycles. The summed E-state index contributed by atoms with van der Waals surface area (Å²) in [6.07, 6.45) is 1.94. The molecule has 3 rings (SSSR count). The van der Waals surface area contributed by atoms with Crippen LogP contribution in [0.15, 0.2) is 48.5 Å². The highest BCUT2D eigenvalue weighted by molar-refractivity contribution is 6.30. The first-order valence-electron chi connectivity index (χ1n) is 8.14. The third-order valence-corrected chi connectivity index (χ3v) is 4.40. The van der Waals surface area contributed by atoms with E-state index in [1.54, 1.807) is 6.07 Å². The van der Waals surface area contributed by atoms with E-state index in [0.717, 1.165) is 24.9 Å². The van der Waals surface area contributed by atoms with Gasteiger partial charge in [0.2, 0.25) is 0 Å². The maximum Gasteiger partial charge on any atom is 0.254 e. The van der Waals surface area contributed by atoms with Crippen molar-refractivity contribution in [2.24, 2.45) is 5.73 Å². The Morgan fingerprint density at radius 3 is 2.79 bits per heavy atom. The molecule has 1 aliphatic rings. The Hall–Kier alpha value is -2.04. The molecule has 4 nitrogen and oxygen atoms in total. The molecule has 1 saturated heterocycles. The molecule has 24 heavy (non-hydrogen) atoms. The quantitative estimate of drug-likeness (QED) is 0.923. The van der Waals surface area contributed by atoms with Crippen LogP contribution in [0.4, 0.5) is 0 Å². The fourth-order valence-corrected chi connectivity index (χ4v) is 2.97. The SMILES string of the molecule is N[C@@H]1CCCN(C(=O)c2cccc(OCc3ccc(Cl)cc3)c2)C1. The summed E-state index contributed by atoms with van der Waals surface area (Å²) in [5.41, 5.74) is 7.63. The molecule has 0 aromatic heterocycles. The van der Waals surface area contributed by atoms with Crippen LogP contribution in [-0.4, -0.2) is 29.9 Å². The third-order valence-electron chi connectivity index (χ3n) is 4.14. The van der Waals surface area contributed by atoms with Crippen LogP contribution in [0, 0.1) is 0 Å². The number of halogens is 1. The van der Waals surface area contributed by atoms with Crippen LogP contribution in [0.3, 0.4) is 0 Å². The van der Waals surface area contributed by atoms with Gasteiger partial charge in [-0.3, -0.25) is 4.79 Å². The molecule has 1 fully saturated rings. The maximum atomic E-state index is 12.6. The van der Waals surface area contributed by atoms with Crippen LogP contribution in [0.1, 0.15) is 28.8 Å². The summed E-state index contributed by atoms with van der Waals surface area (Å²) in [5, 5.41) is 0.700. The standard InChI is InChI=1S/C19H21ClN2O2/c20-16-8-6-14(7-9-16)13-24-18-5-1-3-15(11-18)19(23)22-10-2-4-17(21)12-22/h1,3,5-9,11,17H,2,4,10,12-13,21H2/t17-/m1/s1. The Labute approximate surface area is 147 Å². The summed E-state index contributed by atoms with van der Waals surface area (Å²) in [4.78, 5) is 14.4. The average Bonchev–Trinajstić information content (AvgIpc) is 2.61. The Morgan fingerprint density at radius 1 is 1.25 bits per heavy atom. The van der Waals surface area contributed by atoms with Gasteiger partial charge in [0.15, 0.2) is 0 Å². The van der Waals surface area contributed by atoms with Crippen LogP contribution < -0.4 is 10.5 Å². The van der Waals surface area contributed by atoms with Gasteiger partial charge < -0.3 is 15.4 Å². The van der Waals surface area contributed by atoms with E-state index in [1.165, 1.54) is 0 Å². The Balaban J connectivity index is 1.65. The summed E-state index contributed by atoms with van der Waals surface area (Å²) in [7, 11) is 0. The lowest BCUT2D eigenvalue weighted by Crippen LogP contribution is -2.45. The third kappa shape index (κ3) is 4.28. The molecule has 0 unspecified atom stereocenters. The molecule has 1 heterocycles. The molecular formula is C19H21ClN2O2. The van der Waals surface area contributed by atoms with E-state index in [0.29, 0.717) is 29.5 Å². The van der Waals surface area contributed by atoms with E-state index in [9.17, 15) is 4.79 Å². The van der Waals surface area contributed by atoms with Crippen LogP contribution in [-0.2, 0) is 6.61 Å². The monoisotopic (exact) mass is 344 g/mol. The molecular weight excluding hydrogens is 324 g/mol. The van der Waals surface area contributed by atoms with Crippen molar-refractivity contribution < 1.29 is 9.53 Å². The van der Waals surface area contributed by atoms with Gasteiger partial charge in [-0.1, -0.05) is 29.8 Å². The summed E-state index contributed by atoms with van der Waals surface area (Å²) in [6, 6.07) is 14.9. The number of nitrogens with two attached hydrogens (primary N) is 1. The topological polar surface area (TPSA) is 55.6 Å². The molecule has 0 radical (unpaired) electrons. The summed E-state index contributed by atoms with van der Waals surface area (Å²) < 4.78 is 5.79. The highest BCUT2D eigenvalue weighted by Gasteiger charge is 2.22. The van der Waals surface area contributed by atoms with E-state index >= 15 is 0 Å². The Morgan fingerprint density at radius 2 is 2.04 bits per heavy atom. The van der Waals surface area contributed by atoms with Gasteiger partial charge in [0.05, 0.1) is 0 Å². The van der Waals surface area contributed by atoms with Gasteiger partial charge >= 0.3 is 0 Å². The number of carbonyl (C=O) groups is 1. The van der Waals surface area contributed by atoms with Crippen LogP contribution in [0.25, 0.3) is 0 Å². The lowest BCUT2D eigenvalue weighted by atomic mass is 10.1. The fourth-order valence-electron chi connectivity index (χ4n) is 2.84. The number of benzene rings is 2. The van der Waals surface area contributed by atoms with E-state index in [1.807, 2.05) is 47.4 Å². The molecule has 0 bridgehead atoms. The van der Waals surface area contributed by atoms with Crippen LogP contribution >= 0.6 is 11.6 Å². The first kappa shape index (κ1) is 16.8. The van der Waals surface area contributed by atoms with Gasteiger partial charge in [0, 0.05) is 29.7 Å². The largest absolute Gasteiger partial charge is 0.489 e. The Bertz CT molecular complexity index is 703. The predicted molar refractivity (Wildman–Crippen MR) is 95.3 cm³/mol. The second-order valence-corrected chi connectivity index (χ2v) is 6.53. The smallest absolute Gasteiger partial charge is 0.254 e. The number of amides is 1. The average molecular weight is 345 g/mol. The lowest BCUT2D eigenvalue weighted by molar-refractivity contribution is 0.0708. The van der Waals surface area contributed by atoms with E-state index < -0.39 is 0 Å². The highest BCUT2D eigenvalue weighted by atomic mass is 35.5. The van der Waals surface area contributed by atoms with Crippen molar-refractivity contribution in [3.05, 3.63) is 64.7 Å². The second kappa shape index (κ2) is 7.69. The Kier molecular flexibility index (Phi) is 5.38. The minimum Gasteiger partial charge on any atom is -0.489 e. The molecule has 1 amide bonds. The predicted octanol–water partition coefficient (Wildman–Crippen LogP) is 3.48. The zero-order valence-electron chi connectivity index (χ0n) is 13.5. The van der Waals surface area contributed by atoms with Crippen molar-refractivity contribution in [1.29, 1.82) is 0 Å². The first-order valence-corrected chi connectivity index (χ1v) is 8.52. The van der Waals surface area contributed by atoms with Crippen LogP contribution in [0.5, 0.6) is 5.75 Å². The van der Waals surface area contributed by atoms with Crippen molar-refractivity contribution in [3.8, 4) is 5.75 Å². The normalized spacial score (nSPS) is 17.6. The number of rotatable bonds is 4. The van der Waals surface area contributed by atoms with Crippen molar-refractivity contribution in [1.82, 2.24) is 4.90 Å². The molecule has 126 valence electrons. The number of hydrogen-bond donors (Lipinski definition) is 1. The summed E-state index contributed by atoms with van der Waals surface area (Å²) in [5.74, 6) is 0.694. The molecule has 0 aliphatic carbocycles. The van der Waals surface area contributed by atoms with Gasteiger partial charge in [-0.05, 0) is 48.7 Å². The minimum atomic E-state index is 0.0158. The molecule has 2 N–H and O–H groups in total. The highest BCUT2D eigenvalue weighted by Crippen LogP contribution is 2.19. The minimum absolute atomic E-state index is 0.0158.